The topological polar surface area (TPSA) is 17.1 Å². The van der Waals surface area contributed by atoms with Crippen molar-refractivity contribution >= 4 is 21.7 Å². The van der Waals surface area contributed by atoms with Gasteiger partial charge in [0.1, 0.15) is 0 Å². The quantitative estimate of drug-likeness (QED) is 0.702. The molecule has 2 aromatic rings. The Kier molecular flexibility index (Phi) is 3.75. The Morgan fingerprint density at radius 3 is 2.55 bits per heavy atom. The zero-order valence-electron chi connectivity index (χ0n) is 11.5. The highest BCUT2D eigenvalue weighted by atomic mass is 79.9. The van der Waals surface area contributed by atoms with Gasteiger partial charge in [-0.25, -0.2) is 0 Å². The Morgan fingerprint density at radius 1 is 1.15 bits per heavy atom. The molecule has 0 saturated heterocycles. The zero-order chi connectivity index (χ0) is 14.1. The lowest BCUT2D eigenvalue weighted by Crippen LogP contribution is -2.14. The molecule has 1 fully saturated rings. The van der Waals surface area contributed by atoms with E-state index in [2.05, 4.69) is 22.0 Å². The molecule has 2 heteroatoms. The Morgan fingerprint density at radius 2 is 1.90 bits per heavy atom. The second kappa shape index (κ2) is 5.53. The van der Waals surface area contributed by atoms with Gasteiger partial charge in [0.2, 0.25) is 0 Å². The molecular formula is C18H17BrO. The largest absolute Gasteiger partial charge is 0.289 e. The first-order chi connectivity index (χ1) is 9.66. The van der Waals surface area contributed by atoms with E-state index in [0.29, 0.717) is 5.92 Å². The molecule has 0 aliphatic heterocycles. The third-order valence-electron chi connectivity index (χ3n) is 4.18. The molecule has 0 N–H and O–H groups in total. The summed E-state index contributed by atoms with van der Waals surface area (Å²) in [7, 11) is 0. The Hall–Kier alpha value is -1.41. The predicted octanol–water partition coefficient (Wildman–Crippen LogP) is 5.26. The van der Waals surface area contributed by atoms with Crippen LogP contribution in [0.2, 0.25) is 0 Å². The fraction of sp³-hybridized carbons (Fsp3) is 0.278. The van der Waals surface area contributed by atoms with E-state index in [-0.39, 0.29) is 5.78 Å². The molecule has 102 valence electrons. The molecule has 20 heavy (non-hydrogen) atoms. The van der Waals surface area contributed by atoms with Crippen molar-refractivity contribution in [1.82, 2.24) is 0 Å². The maximum absolute atomic E-state index is 12.8. The number of hydrogen-bond acceptors (Lipinski definition) is 1. The third-order valence-corrected chi connectivity index (χ3v) is 5.04. The predicted molar refractivity (Wildman–Crippen MR) is 85.3 cm³/mol. The Labute approximate surface area is 128 Å². The van der Waals surface area contributed by atoms with Crippen molar-refractivity contribution in [3.05, 3.63) is 69.2 Å². The van der Waals surface area contributed by atoms with Crippen LogP contribution in [-0.4, -0.2) is 5.78 Å². The summed E-state index contributed by atoms with van der Waals surface area (Å²) in [5, 5.41) is 0. The van der Waals surface area contributed by atoms with Crippen LogP contribution in [0.1, 0.15) is 52.2 Å². The summed E-state index contributed by atoms with van der Waals surface area (Å²) in [6.45, 7) is 2.03. The fourth-order valence-electron chi connectivity index (χ4n) is 2.67. The molecule has 0 amide bonds. The second-order valence-corrected chi connectivity index (χ2v) is 6.36. The number of aryl methyl sites for hydroxylation is 1. The van der Waals surface area contributed by atoms with Crippen LogP contribution < -0.4 is 0 Å². The van der Waals surface area contributed by atoms with Gasteiger partial charge in [-0.2, -0.15) is 0 Å². The molecule has 1 saturated carbocycles. The third kappa shape index (κ3) is 2.45. The molecule has 0 unspecified atom stereocenters. The number of benzene rings is 2. The minimum absolute atomic E-state index is 0.133. The van der Waals surface area contributed by atoms with Crippen LogP contribution in [0.25, 0.3) is 0 Å². The first-order valence-electron chi connectivity index (χ1n) is 7.06. The molecule has 3 rings (SSSR count). The number of carbonyl (C=O) groups is 1. The maximum atomic E-state index is 12.8. The van der Waals surface area contributed by atoms with E-state index in [9.17, 15) is 4.79 Å². The lowest BCUT2D eigenvalue weighted by molar-refractivity contribution is 0.103. The van der Waals surface area contributed by atoms with Crippen molar-refractivity contribution in [3.8, 4) is 0 Å². The number of rotatable bonds is 3. The van der Waals surface area contributed by atoms with E-state index < -0.39 is 0 Å². The highest BCUT2D eigenvalue weighted by Gasteiger charge is 2.24. The van der Waals surface area contributed by atoms with Gasteiger partial charge in [-0.15, -0.1) is 0 Å². The smallest absolute Gasteiger partial charge is 0.193 e. The van der Waals surface area contributed by atoms with Crippen LogP contribution in [0.5, 0.6) is 0 Å². The van der Waals surface area contributed by atoms with Gasteiger partial charge in [-0.3, -0.25) is 4.79 Å². The van der Waals surface area contributed by atoms with Gasteiger partial charge in [-0.05, 0) is 42.9 Å². The van der Waals surface area contributed by atoms with E-state index in [1.54, 1.807) is 0 Å². The fourth-order valence-corrected chi connectivity index (χ4v) is 3.05. The number of ketones is 1. The number of carbonyl (C=O) groups excluding carboxylic acids is 1. The van der Waals surface area contributed by atoms with Crippen LogP contribution in [0.15, 0.2) is 46.9 Å². The average Bonchev–Trinajstić information content (AvgIpc) is 2.40. The summed E-state index contributed by atoms with van der Waals surface area (Å²) in [6, 6.07) is 13.9. The van der Waals surface area contributed by atoms with Gasteiger partial charge in [0.25, 0.3) is 0 Å². The minimum Gasteiger partial charge on any atom is -0.289 e. The lowest BCUT2D eigenvalue weighted by Gasteiger charge is -2.27. The number of hydrogen-bond donors (Lipinski definition) is 0. The lowest BCUT2D eigenvalue weighted by atomic mass is 9.77. The van der Waals surface area contributed by atoms with Crippen molar-refractivity contribution in [3.63, 3.8) is 0 Å². The molecule has 1 nitrogen and oxygen atoms in total. The molecule has 2 aromatic carbocycles. The molecule has 1 aliphatic rings. The second-order valence-electron chi connectivity index (χ2n) is 5.51. The van der Waals surface area contributed by atoms with E-state index in [4.69, 9.17) is 0 Å². The van der Waals surface area contributed by atoms with Crippen LogP contribution in [0, 0.1) is 6.92 Å². The van der Waals surface area contributed by atoms with Crippen LogP contribution >= 0.6 is 15.9 Å². The summed E-state index contributed by atoms with van der Waals surface area (Å²) >= 11 is 3.51. The van der Waals surface area contributed by atoms with E-state index in [1.807, 2.05) is 43.3 Å². The zero-order valence-corrected chi connectivity index (χ0v) is 13.1. The first kappa shape index (κ1) is 13.6. The minimum atomic E-state index is 0.133. The highest BCUT2D eigenvalue weighted by molar-refractivity contribution is 9.10. The van der Waals surface area contributed by atoms with Gasteiger partial charge in [0.05, 0.1) is 0 Å². The molecule has 0 spiro atoms. The van der Waals surface area contributed by atoms with Crippen molar-refractivity contribution in [2.75, 3.05) is 0 Å². The van der Waals surface area contributed by atoms with Crippen LogP contribution in [-0.2, 0) is 0 Å². The monoisotopic (exact) mass is 328 g/mol. The van der Waals surface area contributed by atoms with Gasteiger partial charge >= 0.3 is 0 Å². The van der Waals surface area contributed by atoms with E-state index in [1.165, 1.54) is 24.8 Å². The molecule has 1 aliphatic carbocycles. The van der Waals surface area contributed by atoms with Gasteiger partial charge < -0.3 is 0 Å². The standard InChI is InChI=1S/C18H17BrO/c1-12-9-10-14(11-17(12)19)18(20)16-8-3-2-7-15(16)13-5-4-6-13/h2-3,7-11,13H,4-6H2,1H3. The van der Waals surface area contributed by atoms with Crippen molar-refractivity contribution in [2.45, 2.75) is 32.1 Å². The Balaban J connectivity index is 1.99. The van der Waals surface area contributed by atoms with E-state index in [0.717, 1.165) is 21.2 Å². The van der Waals surface area contributed by atoms with Crippen molar-refractivity contribution in [2.24, 2.45) is 0 Å². The van der Waals surface area contributed by atoms with E-state index >= 15 is 0 Å². The summed E-state index contributed by atoms with van der Waals surface area (Å²) in [6.07, 6.45) is 3.70. The normalized spacial score (nSPS) is 14.9. The van der Waals surface area contributed by atoms with Gasteiger partial charge in [-0.1, -0.05) is 58.7 Å². The number of halogens is 1. The maximum Gasteiger partial charge on any atom is 0.193 e. The summed E-state index contributed by atoms with van der Waals surface area (Å²) in [5.74, 6) is 0.706. The molecule has 0 atom stereocenters. The summed E-state index contributed by atoms with van der Waals surface area (Å²) in [5.41, 5.74) is 4.00. The molecule has 0 bridgehead atoms. The summed E-state index contributed by atoms with van der Waals surface area (Å²) < 4.78 is 0.990. The molecule has 0 aromatic heterocycles. The van der Waals surface area contributed by atoms with Crippen LogP contribution in [0.4, 0.5) is 0 Å². The van der Waals surface area contributed by atoms with Crippen LogP contribution in [0.3, 0.4) is 0 Å². The summed E-state index contributed by atoms with van der Waals surface area (Å²) in [4.78, 5) is 12.8. The average molecular weight is 329 g/mol. The van der Waals surface area contributed by atoms with Gasteiger partial charge in [0.15, 0.2) is 5.78 Å². The van der Waals surface area contributed by atoms with Gasteiger partial charge in [0, 0.05) is 15.6 Å². The highest BCUT2D eigenvalue weighted by Crippen LogP contribution is 2.38. The molecule has 0 heterocycles. The van der Waals surface area contributed by atoms with Crippen molar-refractivity contribution < 1.29 is 4.79 Å². The van der Waals surface area contributed by atoms with Crippen molar-refractivity contribution in [1.29, 1.82) is 0 Å². The SMILES string of the molecule is Cc1ccc(C(=O)c2ccccc2C2CCC2)cc1Br. The molecule has 0 radical (unpaired) electrons. The molecular weight excluding hydrogens is 312 g/mol. The Bertz CT molecular complexity index is 656. The first-order valence-corrected chi connectivity index (χ1v) is 7.86.